The molecule has 2 aromatic heterocycles. The number of carbonyl (C=O) groups excluding carboxylic acids is 1. The Morgan fingerprint density at radius 2 is 1.96 bits per heavy atom. The molecule has 4 rings (SSSR count). The highest BCUT2D eigenvalue weighted by molar-refractivity contribution is 7.21. The molecule has 1 aliphatic carbocycles. The summed E-state index contributed by atoms with van der Waals surface area (Å²) in [5.74, 6) is 1.51. The van der Waals surface area contributed by atoms with Crippen molar-refractivity contribution in [3.05, 3.63) is 17.0 Å². The van der Waals surface area contributed by atoms with Crippen molar-refractivity contribution >= 4 is 33.3 Å². The van der Waals surface area contributed by atoms with Gasteiger partial charge in [-0.05, 0) is 37.0 Å². The second kappa shape index (κ2) is 7.39. The van der Waals surface area contributed by atoms with Crippen molar-refractivity contribution in [3.63, 3.8) is 0 Å². The Morgan fingerprint density at radius 3 is 2.63 bits per heavy atom. The molecule has 0 saturated heterocycles. The first kappa shape index (κ1) is 17.5. The SMILES string of the molecule is COc1cc2sc(C(=O)Nc3nn[nH]n3)c(OC3CCCC3)c2cc1OC. The van der Waals surface area contributed by atoms with E-state index in [1.165, 1.54) is 11.3 Å². The van der Waals surface area contributed by atoms with Crippen LogP contribution in [0.4, 0.5) is 5.95 Å². The standard InChI is InChI=1S/C17H19N5O4S/c1-24-11-7-10-13(8-12(11)25-2)27-15(14(10)26-9-5-3-4-6-9)16(23)18-17-19-21-22-20-17/h7-9H,3-6H2,1-2H3,(H2,18,19,20,21,22,23). The van der Waals surface area contributed by atoms with E-state index in [1.54, 1.807) is 14.2 Å². The maximum atomic E-state index is 12.8. The van der Waals surface area contributed by atoms with Crippen LogP contribution in [0.2, 0.25) is 0 Å². The molecule has 0 bridgehead atoms. The van der Waals surface area contributed by atoms with Crippen LogP contribution in [0, 0.1) is 0 Å². The summed E-state index contributed by atoms with van der Waals surface area (Å²) in [4.78, 5) is 13.3. The molecule has 0 aliphatic heterocycles. The number of hydrogen-bond acceptors (Lipinski definition) is 8. The molecule has 0 radical (unpaired) electrons. The molecular formula is C17H19N5O4S. The third-order valence-electron chi connectivity index (χ3n) is 4.51. The summed E-state index contributed by atoms with van der Waals surface area (Å²) >= 11 is 1.33. The molecule has 27 heavy (non-hydrogen) atoms. The number of nitrogens with one attached hydrogen (secondary N) is 2. The minimum absolute atomic E-state index is 0.104. The molecule has 0 atom stereocenters. The summed E-state index contributed by atoms with van der Waals surface area (Å²) in [5.41, 5.74) is 0. The fraction of sp³-hybridized carbons (Fsp3) is 0.412. The number of tetrazole rings is 1. The number of nitrogens with zero attached hydrogens (tertiary/aromatic N) is 3. The molecule has 2 heterocycles. The minimum Gasteiger partial charge on any atom is -0.493 e. The van der Waals surface area contributed by atoms with Crippen LogP contribution in [0.3, 0.4) is 0 Å². The van der Waals surface area contributed by atoms with Gasteiger partial charge >= 0.3 is 0 Å². The average Bonchev–Trinajstić information content (AvgIpc) is 3.43. The fourth-order valence-electron chi connectivity index (χ4n) is 3.21. The average molecular weight is 389 g/mol. The van der Waals surface area contributed by atoms with E-state index >= 15 is 0 Å². The van der Waals surface area contributed by atoms with Crippen LogP contribution in [0.15, 0.2) is 12.1 Å². The predicted octanol–water partition coefficient (Wildman–Crippen LogP) is 3.01. The van der Waals surface area contributed by atoms with E-state index in [1.807, 2.05) is 12.1 Å². The van der Waals surface area contributed by atoms with Crippen LogP contribution in [0.5, 0.6) is 17.2 Å². The normalized spacial score (nSPS) is 14.4. The summed E-state index contributed by atoms with van der Waals surface area (Å²) in [6.45, 7) is 0. The van der Waals surface area contributed by atoms with Gasteiger partial charge in [-0.25, -0.2) is 0 Å². The van der Waals surface area contributed by atoms with Crippen molar-refractivity contribution in [2.75, 3.05) is 19.5 Å². The van der Waals surface area contributed by atoms with Crippen LogP contribution in [-0.4, -0.2) is 46.9 Å². The molecule has 1 aliphatic rings. The monoisotopic (exact) mass is 389 g/mol. The molecule has 1 saturated carbocycles. The first-order valence-electron chi connectivity index (χ1n) is 8.59. The number of aromatic amines is 1. The first-order valence-corrected chi connectivity index (χ1v) is 9.41. The molecule has 3 aromatic rings. The van der Waals surface area contributed by atoms with Gasteiger partial charge in [-0.15, -0.1) is 16.4 Å². The fourth-order valence-corrected chi connectivity index (χ4v) is 4.26. The van der Waals surface area contributed by atoms with E-state index in [0.717, 1.165) is 35.8 Å². The van der Waals surface area contributed by atoms with Crippen molar-refractivity contribution in [1.29, 1.82) is 0 Å². The maximum absolute atomic E-state index is 12.8. The molecule has 9 nitrogen and oxygen atoms in total. The minimum atomic E-state index is -0.344. The first-order chi connectivity index (χ1) is 13.2. The van der Waals surface area contributed by atoms with E-state index in [4.69, 9.17) is 14.2 Å². The zero-order valence-electron chi connectivity index (χ0n) is 14.9. The van der Waals surface area contributed by atoms with Crippen LogP contribution in [-0.2, 0) is 0 Å². The van der Waals surface area contributed by atoms with Crippen molar-refractivity contribution in [3.8, 4) is 17.2 Å². The Labute approximate surface area is 159 Å². The van der Waals surface area contributed by atoms with Crippen molar-refractivity contribution < 1.29 is 19.0 Å². The molecule has 0 spiro atoms. The molecule has 2 N–H and O–H groups in total. The van der Waals surface area contributed by atoms with Gasteiger partial charge in [-0.1, -0.05) is 5.10 Å². The Kier molecular flexibility index (Phi) is 4.80. The van der Waals surface area contributed by atoms with Crippen molar-refractivity contribution in [2.24, 2.45) is 0 Å². The van der Waals surface area contributed by atoms with E-state index < -0.39 is 0 Å². The van der Waals surface area contributed by atoms with Gasteiger partial charge in [0.05, 0.1) is 20.3 Å². The summed E-state index contributed by atoms with van der Waals surface area (Å²) in [5, 5.41) is 16.8. The molecule has 1 aromatic carbocycles. The number of methoxy groups -OCH3 is 2. The zero-order valence-corrected chi connectivity index (χ0v) is 15.8. The van der Waals surface area contributed by atoms with Gasteiger partial charge in [0.1, 0.15) is 4.88 Å². The number of aromatic nitrogens is 4. The number of ether oxygens (including phenoxy) is 3. The van der Waals surface area contributed by atoms with E-state index in [2.05, 4.69) is 25.9 Å². The van der Waals surface area contributed by atoms with Crippen molar-refractivity contribution in [2.45, 2.75) is 31.8 Å². The number of hydrogen-bond donors (Lipinski definition) is 2. The number of rotatable bonds is 6. The highest BCUT2D eigenvalue weighted by Crippen LogP contribution is 2.44. The quantitative estimate of drug-likeness (QED) is 0.666. The van der Waals surface area contributed by atoms with Crippen LogP contribution in [0.25, 0.3) is 10.1 Å². The van der Waals surface area contributed by atoms with E-state index in [0.29, 0.717) is 22.1 Å². The number of carbonyl (C=O) groups is 1. The Hall–Kier alpha value is -2.88. The third-order valence-corrected chi connectivity index (χ3v) is 5.64. The second-order valence-corrected chi connectivity index (χ2v) is 7.23. The summed E-state index contributed by atoms with van der Waals surface area (Å²) in [6.07, 6.45) is 4.34. The van der Waals surface area contributed by atoms with Gasteiger partial charge in [0.25, 0.3) is 11.9 Å². The largest absolute Gasteiger partial charge is 0.493 e. The van der Waals surface area contributed by atoms with Crippen molar-refractivity contribution in [1.82, 2.24) is 20.6 Å². The summed E-state index contributed by atoms with van der Waals surface area (Å²) < 4.78 is 17.9. The number of amides is 1. The lowest BCUT2D eigenvalue weighted by atomic mass is 10.2. The van der Waals surface area contributed by atoms with Gasteiger partial charge < -0.3 is 14.2 Å². The van der Waals surface area contributed by atoms with Crippen LogP contribution in [0.1, 0.15) is 35.4 Å². The molecule has 10 heteroatoms. The number of fused-ring (bicyclic) bond motifs is 1. The Bertz CT molecular complexity index is 950. The lowest BCUT2D eigenvalue weighted by Gasteiger charge is -2.14. The van der Waals surface area contributed by atoms with Gasteiger partial charge in [0.2, 0.25) is 0 Å². The number of thiophene rings is 1. The number of H-pyrrole nitrogens is 1. The maximum Gasteiger partial charge on any atom is 0.272 e. The smallest absolute Gasteiger partial charge is 0.272 e. The highest BCUT2D eigenvalue weighted by Gasteiger charge is 2.26. The van der Waals surface area contributed by atoms with Crippen LogP contribution < -0.4 is 19.5 Å². The molecular weight excluding hydrogens is 370 g/mol. The molecule has 142 valence electrons. The third kappa shape index (κ3) is 3.39. The number of anilines is 1. The molecule has 1 amide bonds. The lowest BCUT2D eigenvalue weighted by molar-refractivity contribution is 0.102. The Balaban J connectivity index is 1.78. The lowest BCUT2D eigenvalue weighted by Crippen LogP contribution is -2.16. The highest BCUT2D eigenvalue weighted by atomic mass is 32.1. The molecule has 0 unspecified atom stereocenters. The topological polar surface area (TPSA) is 111 Å². The summed E-state index contributed by atoms with van der Waals surface area (Å²) in [6, 6.07) is 3.70. The summed E-state index contributed by atoms with van der Waals surface area (Å²) in [7, 11) is 3.16. The zero-order chi connectivity index (χ0) is 18.8. The van der Waals surface area contributed by atoms with E-state index in [-0.39, 0.29) is 18.0 Å². The van der Waals surface area contributed by atoms with Gasteiger partial charge in [-0.2, -0.15) is 5.21 Å². The van der Waals surface area contributed by atoms with Gasteiger partial charge in [0.15, 0.2) is 17.2 Å². The van der Waals surface area contributed by atoms with Crippen LogP contribution >= 0.6 is 11.3 Å². The second-order valence-electron chi connectivity index (χ2n) is 6.18. The van der Waals surface area contributed by atoms with Gasteiger partial charge in [-0.3, -0.25) is 10.1 Å². The van der Waals surface area contributed by atoms with Gasteiger partial charge in [0, 0.05) is 16.2 Å². The Morgan fingerprint density at radius 1 is 1.22 bits per heavy atom. The number of benzene rings is 1. The molecule has 1 fully saturated rings. The van der Waals surface area contributed by atoms with E-state index in [9.17, 15) is 4.79 Å². The predicted molar refractivity (Wildman–Crippen MR) is 99.9 cm³/mol.